The van der Waals surface area contributed by atoms with Crippen LogP contribution in [-0.4, -0.2) is 41.1 Å². The average molecular weight is 361 g/mol. The molecule has 9 heteroatoms. The van der Waals surface area contributed by atoms with Crippen molar-refractivity contribution < 1.29 is 0 Å². The quantitative estimate of drug-likeness (QED) is 0.596. The van der Waals surface area contributed by atoms with E-state index in [4.69, 9.17) is 5.10 Å². The molecule has 0 saturated carbocycles. The van der Waals surface area contributed by atoms with Crippen molar-refractivity contribution in [2.24, 2.45) is 7.05 Å². The zero-order chi connectivity index (χ0) is 18.4. The van der Waals surface area contributed by atoms with E-state index in [9.17, 15) is 0 Å². The van der Waals surface area contributed by atoms with Crippen LogP contribution in [0.4, 0.5) is 17.3 Å². The lowest BCUT2D eigenvalue weighted by atomic mass is 10.0. The topological polar surface area (TPSA) is 89.1 Å². The lowest BCUT2D eigenvalue weighted by molar-refractivity contribution is 0.689. The van der Waals surface area contributed by atoms with E-state index in [1.807, 2.05) is 25.4 Å². The minimum absolute atomic E-state index is 0.762. The van der Waals surface area contributed by atoms with Gasteiger partial charge in [-0.05, 0) is 30.2 Å². The summed E-state index contributed by atoms with van der Waals surface area (Å²) >= 11 is 0. The zero-order valence-corrected chi connectivity index (χ0v) is 15.2. The van der Waals surface area contributed by atoms with Crippen molar-refractivity contribution in [2.45, 2.75) is 19.9 Å². The fourth-order valence-corrected chi connectivity index (χ4v) is 3.48. The number of nitrogens with one attached hydrogen (secondary N) is 1. The van der Waals surface area contributed by atoms with Crippen LogP contribution in [0.3, 0.4) is 0 Å². The molecule has 0 radical (unpaired) electrons. The number of aryl methyl sites for hydroxylation is 2. The van der Waals surface area contributed by atoms with E-state index in [-0.39, 0.29) is 0 Å². The van der Waals surface area contributed by atoms with Gasteiger partial charge in [-0.15, -0.1) is 15.3 Å². The molecule has 27 heavy (non-hydrogen) atoms. The van der Waals surface area contributed by atoms with Crippen LogP contribution >= 0.6 is 0 Å². The summed E-state index contributed by atoms with van der Waals surface area (Å²) in [6, 6.07) is 6.12. The van der Waals surface area contributed by atoms with E-state index in [1.54, 1.807) is 21.7 Å². The average Bonchev–Trinajstić information content (AvgIpc) is 3.29. The molecule has 5 heterocycles. The third-order valence-corrected chi connectivity index (χ3v) is 4.89. The molecule has 0 fully saturated rings. The van der Waals surface area contributed by atoms with Gasteiger partial charge in [0, 0.05) is 38.3 Å². The van der Waals surface area contributed by atoms with Gasteiger partial charge in [0.05, 0.1) is 18.1 Å². The first-order chi connectivity index (χ1) is 13.2. The number of aromatic nitrogens is 7. The molecule has 1 N–H and O–H groups in total. The van der Waals surface area contributed by atoms with Gasteiger partial charge >= 0.3 is 0 Å². The van der Waals surface area contributed by atoms with Crippen molar-refractivity contribution in [3.05, 3.63) is 53.7 Å². The molecule has 136 valence electrons. The van der Waals surface area contributed by atoms with Crippen molar-refractivity contribution in [1.29, 1.82) is 0 Å². The number of hydrogen-bond donors (Lipinski definition) is 1. The predicted octanol–water partition coefficient (Wildman–Crippen LogP) is 1.87. The maximum absolute atomic E-state index is 4.70. The molecule has 0 atom stereocenters. The molecular formula is C18H19N9. The SMILES string of the molecule is Cc1cc2nncn2nc1N1CCc2ncc(Nc3ccnn3C)cc2C1. The Hall–Kier alpha value is -3.49. The predicted molar refractivity (Wildman–Crippen MR) is 101 cm³/mol. The maximum atomic E-state index is 4.70. The highest BCUT2D eigenvalue weighted by molar-refractivity contribution is 5.58. The van der Waals surface area contributed by atoms with Crippen LogP contribution in [0.5, 0.6) is 0 Å². The van der Waals surface area contributed by atoms with Crippen LogP contribution in [0.25, 0.3) is 5.65 Å². The number of rotatable bonds is 3. The molecule has 1 aliphatic rings. The fraction of sp³-hybridized carbons (Fsp3) is 0.278. The highest BCUT2D eigenvalue weighted by atomic mass is 15.4. The Morgan fingerprint density at radius 3 is 3.00 bits per heavy atom. The van der Waals surface area contributed by atoms with Crippen LogP contribution in [0, 0.1) is 6.92 Å². The van der Waals surface area contributed by atoms with Crippen molar-refractivity contribution >= 4 is 23.0 Å². The molecule has 5 rings (SSSR count). The van der Waals surface area contributed by atoms with Crippen LogP contribution in [0.2, 0.25) is 0 Å². The molecule has 4 aromatic heterocycles. The van der Waals surface area contributed by atoms with Gasteiger partial charge in [0.25, 0.3) is 0 Å². The van der Waals surface area contributed by atoms with Gasteiger partial charge in [-0.25, -0.2) is 0 Å². The van der Waals surface area contributed by atoms with E-state index in [1.165, 1.54) is 5.56 Å². The molecule has 9 nitrogen and oxygen atoms in total. The second kappa shape index (κ2) is 6.04. The summed E-state index contributed by atoms with van der Waals surface area (Å²) in [5.74, 6) is 1.89. The standard InChI is InChI=1S/C18H19N9/c1-12-7-17-23-20-11-27(17)24-18(12)26-6-4-15-13(10-26)8-14(9-19-15)22-16-3-5-21-25(16)2/h3,5,7-9,11,22H,4,6,10H2,1-2H3. The summed E-state index contributed by atoms with van der Waals surface area (Å²) in [5, 5.41) is 20.2. The van der Waals surface area contributed by atoms with Crippen molar-refractivity contribution in [3.63, 3.8) is 0 Å². The first kappa shape index (κ1) is 15.7. The van der Waals surface area contributed by atoms with Crippen molar-refractivity contribution in [3.8, 4) is 0 Å². The van der Waals surface area contributed by atoms with Gasteiger partial charge in [-0.3, -0.25) is 9.67 Å². The third-order valence-electron chi connectivity index (χ3n) is 4.89. The number of hydrogen-bond acceptors (Lipinski definition) is 7. The summed E-state index contributed by atoms with van der Waals surface area (Å²) in [4.78, 5) is 6.94. The highest BCUT2D eigenvalue weighted by Gasteiger charge is 2.21. The summed E-state index contributed by atoms with van der Waals surface area (Å²) in [7, 11) is 1.91. The molecule has 0 spiro atoms. The molecule has 0 bridgehead atoms. The first-order valence-electron chi connectivity index (χ1n) is 8.83. The first-order valence-corrected chi connectivity index (χ1v) is 8.83. The Kier molecular flexibility index (Phi) is 3.52. The van der Waals surface area contributed by atoms with E-state index < -0.39 is 0 Å². The molecular weight excluding hydrogens is 342 g/mol. The maximum Gasteiger partial charge on any atom is 0.177 e. The van der Waals surface area contributed by atoms with Crippen molar-refractivity contribution in [1.82, 2.24) is 34.6 Å². The minimum Gasteiger partial charge on any atom is -0.350 e. The Morgan fingerprint density at radius 1 is 1.22 bits per heavy atom. The molecule has 4 aromatic rings. The number of fused-ring (bicyclic) bond motifs is 2. The Balaban J connectivity index is 1.44. The van der Waals surface area contributed by atoms with E-state index >= 15 is 0 Å². The van der Waals surface area contributed by atoms with Crippen LogP contribution in [0.1, 0.15) is 16.8 Å². The second-order valence-corrected chi connectivity index (χ2v) is 6.75. The fourth-order valence-electron chi connectivity index (χ4n) is 3.48. The van der Waals surface area contributed by atoms with Gasteiger partial charge in [0.1, 0.15) is 12.1 Å². The monoisotopic (exact) mass is 361 g/mol. The normalized spacial score (nSPS) is 13.8. The van der Waals surface area contributed by atoms with Crippen LogP contribution < -0.4 is 10.2 Å². The lowest BCUT2D eigenvalue weighted by Crippen LogP contribution is -2.32. The molecule has 0 amide bonds. The molecule has 0 aliphatic carbocycles. The number of nitrogens with zero attached hydrogens (tertiary/aromatic N) is 8. The summed E-state index contributed by atoms with van der Waals surface area (Å²) < 4.78 is 3.52. The Morgan fingerprint density at radius 2 is 2.15 bits per heavy atom. The smallest absolute Gasteiger partial charge is 0.177 e. The Labute approximate surface area is 155 Å². The van der Waals surface area contributed by atoms with Gasteiger partial charge in [-0.1, -0.05) is 0 Å². The van der Waals surface area contributed by atoms with Gasteiger partial charge < -0.3 is 10.2 Å². The minimum atomic E-state index is 0.762. The molecule has 0 unspecified atom stereocenters. The van der Waals surface area contributed by atoms with Crippen molar-refractivity contribution in [2.75, 3.05) is 16.8 Å². The largest absolute Gasteiger partial charge is 0.350 e. The lowest BCUT2D eigenvalue weighted by Gasteiger charge is -2.30. The third kappa shape index (κ3) is 2.77. The van der Waals surface area contributed by atoms with E-state index in [0.717, 1.165) is 53.7 Å². The van der Waals surface area contributed by atoms with E-state index in [2.05, 4.69) is 43.5 Å². The van der Waals surface area contributed by atoms with Gasteiger partial charge in [-0.2, -0.15) is 9.61 Å². The Bertz CT molecular complexity index is 1130. The summed E-state index contributed by atoms with van der Waals surface area (Å²) in [5.41, 5.74) is 5.16. The number of anilines is 3. The summed E-state index contributed by atoms with van der Waals surface area (Å²) in [6.45, 7) is 3.71. The van der Waals surface area contributed by atoms with Gasteiger partial charge in [0.15, 0.2) is 11.5 Å². The molecule has 0 saturated heterocycles. The summed E-state index contributed by atoms with van der Waals surface area (Å²) in [6.07, 6.45) is 6.18. The molecule has 0 aromatic carbocycles. The molecule has 1 aliphatic heterocycles. The van der Waals surface area contributed by atoms with Crippen LogP contribution in [-0.2, 0) is 20.0 Å². The highest BCUT2D eigenvalue weighted by Crippen LogP contribution is 2.27. The second-order valence-electron chi connectivity index (χ2n) is 6.75. The zero-order valence-electron chi connectivity index (χ0n) is 15.2. The van der Waals surface area contributed by atoms with Crippen LogP contribution in [0.15, 0.2) is 36.9 Å². The van der Waals surface area contributed by atoms with E-state index in [0.29, 0.717) is 0 Å². The van der Waals surface area contributed by atoms with Gasteiger partial charge in [0.2, 0.25) is 0 Å². The number of pyridine rings is 1.